The molecule has 0 aromatic heterocycles. The summed E-state index contributed by atoms with van der Waals surface area (Å²) in [4.78, 5) is 6.29. The van der Waals surface area contributed by atoms with Crippen molar-refractivity contribution < 1.29 is 0 Å². The van der Waals surface area contributed by atoms with Crippen LogP contribution in [0.4, 0.5) is 5.69 Å². The molecule has 0 saturated heterocycles. The first-order chi connectivity index (χ1) is 10.7. The molecule has 0 radical (unpaired) electrons. The van der Waals surface area contributed by atoms with Gasteiger partial charge in [-0.05, 0) is 38.3 Å². The van der Waals surface area contributed by atoms with E-state index >= 15 is 0 Å². The summed E-state index contributed by atoms with van der Waals surface area (Å²) in [6, 6.07) is 8.68. The molecule has 0 heterocycles. The molecule has 0 atom stereocenters. The molecule has 0 saturated carbocycles. The molecule has 0 unspecified atom stereocenters. The minimum Gasteiger partial charge on any atom is -0.383 e. The maximum absolute atomic E-state index is 3.60. The molecule has 3 nitrogen and oxygen atoms in total. The van der Waals surface area contributed by atoms with Gasteiger partial charge < -0.3 is 15.1 Å². The molecule has 4 heteroatoms. The van der Waals surface area contributed by atoms with E-state index in [0.29, 0.717) is 0 Å². The summed E-state index contributed by atoms with van der Waals surface area (Å²) in [6.45, 7) is 16.7. The number of rotatable bonds is 12. The first-order valence-electron chi connectivity index (χ1n) is 8.65. The van der Waals surface area contributed by atoms with Crippen molar-refractivity contribution in [2.45, 2.75) is 32.6 Å². The lowest BCUT2D eigenvalue weighted by Gasteiger charge is -2.20. The van der Waals surface area contributed by atoms with E-state index < -0.39 is 0 Å². The smallest absolute Gasteiger partial charge is 0.0478 e. The Hall–Kier alpha value is -0.710. The van der Waals surface area contributed by atoms with E-state index in [4.69, 9.17) is 0 Å². The molecule has 1 N–H and O–H groups in total. The molecule has 126 valence electrons. The van der Waals surface area contributed by atoms with Gasteiger partial charge in [-0.15, -0.1) is 11.8 Å². The maximum atomic E-state index is 3.60. The monoisotopic (exact) mass is 323 g/mol. The summed E-state index contributed by atoms with van der Waals surface area (Å²) in [5.41, 5.74) is 1.28. The third-order valence-electron chi connectivity index (χ3n) is 4.08. The molecule has 1 rings (SSSR count). The van der Waals surface area contributed by atoms with Crippen LogP contribution in [0, 0.1) is 0 Å². The minimum absolute atomic E-state index is 1.01. The first kappa shape index (κ1) is 19.3. The van der Waals surface area contributed by atoms with Crippen molar-refractivity contribution in [3.8, 4) is 0 Å². The molecular formula is C18H33N3S. The molecule has 0 amide bonds. The van der Waals surface area contributed by atoms with Crippen LogP contribution in [0.25, 0.3) is 0 Å². The standard InChI is InChI=1S/C18H33N3S/c1-5-20(6-2)14-13-19-17-11-9-10-12-18(17)22-16-15-21(7-3)8-4/h9-12,19H,5-8,13-16H2,1-4H3. The number of para-hydroxylation sites is 1. The van der Waals surface area contributed by atoms with Crippen LogP contribution in [0.1, 0.15) is 27.7 Å². The van der Waals surface area contributed by atoms with Crippen molar-refractivity contribution in [3.63, 3.8) is 0 Å². The maximum Gasteiger partial charge on any atom is 0.0478 e. The molecule has 0 aliphatic heterocycles. The summed E-state index contributed by atoms with van der Waals surface area (Å²) in [5.74, 6) is 1.15. The van der Waals surface area contributed by atoms with Gasteiger partial charge in [-0.25, -0.2) is 0 Å². The average molecular weight is 324 g/mol. The second-order valence-corrected chi connectivity index (χ2v) is 6.46. The molecule has 22 heavy (non-hydrogen) atoms. The van der Waals surface area contributed by atoms with Gasteiger partial charge >= 0.3 is 0 Å². The lowest BCUT2D eigenvalue weighted by atomic mass is 10.3. The van der Waals surface area contributed by atoms with Gasteiger partial charge in [-0.2, -0.15) is 0 Å². The van der Waals surface area contributed by atoms with Gasteiger partial charge in [0.2, 0.25) is 0 Å². The largest absolute Gasteiger partial charge is 0.383 e. The van der Waals surface area contributed by atoms with Crippen molar-refractivity contribution in [2.75, 3.05) is 56.9 Å². The highest BCUT2D eigenvalue weighted by Crippen LogP contribution is 2.26. The Morgan fingerprint density at radius 3 is 2.09 bits per heavy atom. The number of likely N-dealkylation sites (N-methyl/N-ethyl adjacent to an activating group) is 1. The fourth-order valence-electron chi connectivity index (χ4n) is 2.45. The number of hydrogen-bond acceptors (Lipinski definition) is 4. The number of benzene rings is 1. The number of nitrogens with zero attached hydrogens (tertiary/aromatic N) is 2. The fraction of sp³-hybridized carbons (Fsp3) is 0.667. The van der Waals surface area contributed by atoms with E-state index in [9.17, 15) is 0 Å². The van der Waals surface area contributed by atoms with E-state index in [0.717, 1.165) is 51.6 Å². The van der Waals surface area contributed by atoms with Crippen LogP contribution in [-0.2, 0) is 0 Å². The van der Waals surface area contributed by atoms with Crippen LogP contribution in [0.15, 0.2) is 29.2 Å². The molecule has 0 bridgehead atoms. The van der Waals surface area contributed by atoms with Crippen molar-refractivity contribution >= 4 is 17.4 Å². The Bertz CT molecular complexity index is 353. The highest BCUT2D eigenvalue weighted by Gasteiger charge is 2.05. The van der Waals surface area contributed by atoms with E-state index in [1.807, 2.05) is 11.8 Å². The Morgan fingerprint density at radius 2 is 1.45 bits per heavy atom. The number of hydrogen-bond donors (Lipinski definition) is 1. The average Bonchev–Trinajstić information content (AvgIpc) is 2.57. The van der Waals surface area contributed by atoms with Gasteiger partial charge in [-0.3, -0.25) is 0 Å². The summed E-state index contributed by atoms with van der Waals surface area (Å²) in [7, 11) is 0. The molecular weight excluding hydrogens is 290 g/mol. The third-order valence-corrected chi connectivity index (χ3v) is 5.14. The SMILES string of the molecule is CCN(CC)CCNc1ccccc1SCCN(CC)CC. The molecule has 0 spiro atoms. The van der Waals surface area contributed by atoms with Gasteiger partial charge in [0.15, 0.2) is 0 Å². The molecule has 0 fully saturated rings. The van der Waals surface area contributed by atoms with E-state index in [2.05, 4.69) is 67.1 Å². The Morgan fingerprint density at radius 1 is 0.864 bits per heavy atom. The van der Waals surface area contributed by atoms with Crippen molar-refractivity contribution in [3.05, 3.63) is 24.3 Å². The third kappa shape index (κ3) is 7.03. The van der Waals surface area contributed by atoms with E-state index in [1.54, 1.807) is 0 Å². The fourth-order valence-corrected chi connectivity index (χ4v) is 3.49. The quantitative estimate of drug-likeness (QED) is 0.588. The Labute approximate surface area is 141 Å². The second-order valence-electron chi connectivity index (χ2n) is 5.33. The lowest BCUT2D eigenvalue weighted by Crippen LogP contribution is -2.28. The van der Waals surface area contributed by atoms with Crippen LogP contribution in [0.5, 0.6) is 0 Å². The first-order valence-corrected chi connectivity index (χ1v) is 9.64. The molecule has 1 aromatic carbocycles. The highest BCUT2D eigenvalue weighted by atomic mass is 32.2. The minimum atomic E-state index is 1.01. The van der Waals surface area contributed by atoms with Gasteiger partial charge in [0.25, 0.3) is 0 Å². The van der Waals surface area contributed by atoms with Crippen LogP contribution >= 0.6 is 11.8 Å². The zero-order valence-corrected chi connectivity index (χ0v) is 15.6. The summed E-state index contributed by atoms with van der Waals surface area (Å²) < 4.78 is 0. The van der Waals surface area contributed by atoms with E-state index in [1.165, 1.54) is 10.6 Å². The predicted octanol–water partition coefficient (Wildman–Crippen LogP) is 3.87. The number of nitrogens with one attached hydrogen (secondary N) is 1. The normalized spacial score (nSPS) is 11.4. The topological polar surface area (TPSA) is 18.5 Å². The summed E-state index contributed by atoms with van der Waals surface area (Å²) >= 11 is 1.96. The van der Waals surface area contributed by atoms with Gasteiger partial charge in [0.1, 0.15) is 0 Å². The van der Waals surface area contributed by atoms with Crippen molar-refractivity contribution in [1.29, 1.82) is 0 Å². The molecule has 0 aliphatic carbocycles. The van der Waals surface area contributed by atoms with Gasteiger partial charge in [0, 0.05) is 36.0 Å². The number of thioether (sulfide) groups is 1. The van der Waals surface area contributed by atoms with E-state index in [-0.39, 0.29) is 0 Å². The van der Waals surface area contributed by atoms with Crippen LogP contribution in [0.3, 0.4) is 0 Å². The zero-order chi connectivity index (χ0) is 16.2. The van der Waals surface area contributed by atoms with Crippen molar-refractivity contribution in [2.24, 2.45) is 0 Å². The molecule has 1 aromatic rings. The Kier molecular flexibility index (Phi) is 10.4. The van der Waals surface area contributed by atoms with Crippen molar-refractivity contribution in [1.82, 2.24) is 9.80 Å². The summed E-state index contributed by atoms with van der Waals surface area (Å²) in [5, 5.41) is 3.60. The zero-order valence-electron chi connectivity index (χ0n) is 14.8. The van der Waals surface area contributed by atoms with Crippen LogP contribution in [0.2, 0.25) is 0 Å². The van der Waals surface area contributed by atoms with Crippen LogP contribution in [-0.4, -0.2) is 61.4 Å². The second kappa shape index (κ2) is 11.8. The number of anilines is 1. The van der Waals surface area contributed by atoms with Gasteiger partial charge in [0.05, 0.1) is 0 Å². The van der Waals surface area contributed by atoms with Gasteiger partial charge in [-0.1, -0.05) is 39.8 Å². The molecule has 0 aliphatic rings. The lowest BCUT2D eigenvalue weighted by molar-refractivity contribution is 0.316. The predicted molar refractivity (Wildman–Crippen MR) is 101 cm³/mol. The summed E-state index contributed by atoms with van der Waals surface area (Å²) in [6.07, 6.45) is 0. The highest BCUT2D eigenvalue weighted by molar-refractivity contribution is 7.99. The Balaban J connectivity index is 2.44. The van der Waals surface area contributed by atoms with Crippen LogP contribution < -0.4 is 5.32 Å².